The first-order valence-electron chi connectivity index (χ1n) is 7.94. The third kappa shape index (κ3) is 4.84. The van der Waals surface area contributed by atoms with Crippen LogP contribution < -0.4 is 10.6 Å². The molecule has 6 nitrogen and oxygen atoms in total. The van der Waals surface area contributed by atoms with Gasteiger partial charge in [-0.05, 0) is 55.3 Å². The maximum Gasteiger partial charge on any atom is 0.243 e. The molecule has 140 valence electrons. The van der Waals surface area contributed by atoms with Crippen LogP contribution in [0.25, 0.3) is 0 Å². The quantitative estimate of drug-likeness (QED) is 0.722. The summed E-state index contributed by atoms with van der Waals surface area (Å²) < 4.78 is 26.8. The lowest BCUT2D eigenvalue weighted by atomic mass is 10.1. The standard InChI is InChI=1S/C18H22BrN3O3S/c1-12-8-16(26(24,25)22(3)4)10-17(13(12)2)20-11-18(23)21-15-7-5-6-14(19)9-15/h5-10,20H,11H2,1-4H3,(H,21,23). The van der Waals surface area contributed by atoms with Crippen LogP contribution in [-0.4, -0.2) is 39.3 Å². The lowest BCUT2D eigenvalue weighted by molar-refractivity contribution is -0.114. The first kappa shape index (κ1) is 20.4. The van der Waals surface area contributed by atoms with Gasteiger partial charge in [-0.15, -0.1) is 0 Å². The van der Waals surface area contributed by atoms with Crippen LogP contribution in [0.1, 0.15) is 11.1 Å². The van der Waals surface area contributed by atoms with Crippen LogP contribution in [0.3, 0.4) is 0 Å². The fourth-order valence-corrected chi connectivity index (χ4v) is 3.73. The Morgan fingerprint density at radius 2 is 1.85 bits per heavy atom. The van der Waals surface area contributed by atoms with Crippen LogP contribution in [0.15, 0.2) is 45.8 Å². The van der Waals surface area contributed by atoms with Gasteiger partial charge in [-0.3, -0.25) is 4.79 Å². The van der Waals surface area contributed by atoms with Gasteiger partial charge in [-0.1, -0.05) is 22.0 Å². The summed E-state index contributed by atoms with van der Waals surface area (Å²) in [5, 5.41) is 5.83. The van der Waals surface area contributed by atoms with Crippen molar-refractivity contribution in [3.8, 4) is 0 Å². The minimum Gasteiger partial charge on any atom is -0.376 e. The van der Waals surface area contributed by atoms with Crippen LogP contribution in [0.2, 0.25) is 0 Å². The zero-order valence-corrected chi connectivity index (χ0v) is 17.5. The van der Waals surface area contributed by atoms with Gasteiger partial charge in [0.1, 0.15) is 0 Å². The number of anilines is 2. The molecule has 0 saturated carbocycles. The molecule has 0 aliphatic heterocycles. The minimum atomic E-state index is -3.54. The molecule has 2 aromatic rings. The predicted molar refractivity (Wildman–Crippen MR) is 108 cm³/mol. The summed E-state index contributed by atoms with van der Waals surface area (Å²) in [5.74, 6) is -0.221. The molecule has 0 radical (unpaired) electrons. The molecule has 0 aromatic heterocycles. The lowest BCUT2D eigenvalue weighted by Crippen LogP contribution is -2.24. The van der Waals surface area contributed by atoms with E-state index in [1.54, 1.807) is 24.3 Å². The highest BCUT2D eigenvalue weighted by molar-refractivity contribution is 9.10. The third-order valence-electron chi connectivity index (χ3n) is 3.97. The molecule has 0 spiro atoms. The van der Waals surface area contributed by atoms with Gasteiger partial charge in [0.15, 0.2) is 0 Å². The lowest BCUT2D eigenvalue weighted by Gasteiger charge is -2.17. The largest absolute Gasteiger partial charge is 0.376 e. The molecular weight excluding hydrogens is 418 g/mol. The number of hydrogen-bond donors (Lipinski definition) is 2. The second kappa shape index (κ2) is 8.20. The van der Waals surface area contributed by atoms with E-state index in [2.05, 4.69) is 26.6 Å². The number of hydrogen-bond acceptors (Lipinski definition) is 4. The van der Waals surface area contributed by atoms with Crippen LogP contribution in [-0.2, 0) is 14.8 Å². The van der Waals surface area contributed by atoms with Gasteiger partial charge in [-0.25, -0.2) is 12.7 Å². The Hall–Kier alpha value is -1.90. The van der Waals surface area contributed by atoms with Gasteiger partial charge in [-0.2, -0.15) is 0 Å². The van der Waals surface area contributed by atoms with E-state index in [1.165, 1.54) is 18.4 Å². The van der Waals surface area contributed by atoms with Crippen molar-refractivity contribution in [1.82, 2.24) is 4.31 Å². The van der Waals surface area contributed by atoms with Crippen LogP contribution in [0, 0.1) is 13.8 Å². The van der Waals surface area contributed by atoms with E-state index < -0.39 is 10.0 Å². The fourth-order valence-electron chi connectivity index (χ4n) is 2.32. The second-order valence-corrected chi connectivity index (χ2v) is 9.18. The number of nitrogens with one attached hydrogen (secondary N) is 2. The smallest absolute Gasteiger partial charge is 0.243 e. The molecule has 2 N–H and O–H groups in total. The van der Waals surface area contributed by atoms with Crippen molar-refractivity contribution in [3.63, 3.8) is 0 Å². The monoisotopic (exact) mass is 439 g/mol. The predicted octanol–water partition coefficient (Wildman–Crippen LogP) is 3.37. The van der Waals surface area contributed by atoms with Crippen molar-refractivity contribution < 1.29 is 13.2 Å². The van der Waals surface area contributed by atoms with Gasteiger partial charge in [0.05, 0.1) is 11.4 Å². The number of halogens is 1. The Morgan fingerprint density at radius 1 is 1.15 bits per heavy atom. The molecular formula is C18H22BrN3O3S. The molecule has 0 unspecified atom stereocenters. The summed E-state index contributed by atoms with van der Waals surface area (Å²) in [6, 6.07) is 10.5. The first-order valence-corrected chi connectivity index (χ1v) is 10.2. The van der Waals surface area contributed by atoms with Crippen LogP contribution in [0.4, 0.5) is 11.4 Å². The molecule has 0 atom stereocenters. The van der Waals surface area contributed by atoms with E-state index >= 15 is 0 Å². The number of carbonyl (C=O) groups excluding carboxylic acids is 1. The number of nitrogens with zero attached hydrogens (tertiary/aromatic N) is 1. The van der Waals surface area contributed by atoms with Gasteiger partial charge >= 0.3 is 0 Å². The van der Waals surface area contributed by atoms with Crippen LogP contribution in [0.5, 0.6) is 0 Å². The molecule has 0 heterocycles. The number of aryl methyl sites for hydroxylation is 1. The number of rotatable bonds is 6. The summed E-state index contributed by atoms with van der Waals surface area (Å²) in [6.07, 6.45) is 0. The Kier molecular flexibility index (Phi) is 6.44. The topological polar surface area (TPSA) is 78.5 Å². The van der Waals surface area contributed by atoms with E-state index in [9.17, 15) is 13.2 Å². The zero-order valence-electron chi connectivity index (χ0n) is 15.1. The summed E-state index contributed by atoms with van der Waals surface area (Å²) in [5.41, 5.74) is 3.04. The Morgan fingerprint density at radius 3 is 2.46 bits per heavy atom. The number of amides is 1. The maximum absolute atomic E-state index is 12.4. The van der Waals surface area contributed by atoms with E-state index in [1.807, 2.05) is 26.0 Å². The molecule has 1 amide bonds. The molecule has 26 heavy (non-hydrogen) atoms. The summed E-state index contributed by atoms with van der Waals surface area (Å²) >= 11 is 3.36. The molecule has 0 fully saturated rings. The molecule has 2 aromatic carbocycles. The van der Waals surface area contributed by atoms with Gasteiger partial charge in [0.2, 0.25) is 15.9 Å². The normalized spacial score (nSPS) is 11.5. The Labute approximate surface area is 162 Å². The fraction of sp³-hybridized carbons (Fsp3) is 0.278. The maximum atomic E-state index is 12.4. The first-order chi connectivity index (χ1) is 12.1. The highest BCUT2D eigenvalue weighted by Gasteiger charge is 2.19. The average molecular weight is 440 g/mol. The average Bonchev–Trinajstić information content (AvgIpc) is 2.55. The molecule has 2 rings (SSSR count). The molecule has 8 heteroatoms. The van der Waals surface area contributed by atoms with Crippen molar-refractivity contribution in [2.75, 3.05) is 31.3 Å². The number of sulfonamides is 1. The number of carbonyl (C=O) groups is 1. The van der Waals surface area contributed by atoms with Gasteiger partial charge in [0, 0.05) is 29.9 Å². The summed E-state index contributed by atoms with van der Waals surface area (Å²) in [6.45, 7) is 3.75. The Bertz CT molecular complexity index is 927. The molecule has 0 saturated heterocycles. The van der Waals surface area contributed by atoms with Crippen LogP contribution >= 0.6 is 15.9 Å². The highest BCUT2D eigenvalue weighted by Crippen LogP contribution is 2.25. The van der Waals surface area contributed by atoms with E-state index in [4.69, 9.17) is 0 Å². The molecule has 0 aliphatic rings. The van der Waals surface area contributed by atoms with Gasteiger partial charge in [0.25, 0.3) is 0 Å². The van der Waals surface area contributed by atoms with E-state index in [0.29, 0.717) is 11.4 Å². The van der Waals surface area contributed by atoms with Crippen molar-refractivity contribution in [1.29, 1.82) is 0 Å². The zero-order chi connectivity index (χ0) is 19.5. The van der Waals surface area contributed by atoms with Crippen molar-refractivity contribution >= 4 is 43.2 Å². The SMILES string of the molecule is Cc1cc(S(=O)(=O)N(C)C)cc(NCC(=O)Nc2cccc(Br)c2)c1C. The highest BCUT2D eigenvalue weighted by atomic mass is 79.9. The van der Waals surface area contributed by atoms with Crippen molar-refractivity contribution in [2.45, 2.75) is 18.7 Å². The van der Waals surface area contributed by atoms with E-state index in [0.717, 1.165) is 15.6 Å². The summed E-state index contributed by atoms with van der Waals surface area (Å²) in [4.78, 5) is 12.4. The Balaban J connectivity index is 2.16. The minimum absolute atomic E-state index is 0.0261. The van der Waals surface area contributed by atoms with Crippen molar-refractivity contribution in [3.05, 3.63) is 52.0 Å². The van der Waals surface area contributed by atoms with Gasteiger partial charge < -0.3 is 10.6 Å². The van der Waals surface area contributed by atoms with Crippen molar-refractivity contribution in [2.24, 2.45) is 0 Å². The number of benzene rings is 2. The molecule has 0 aliphatic carbocycles. The summed E-state index contributed by atoms with van der Waals surface area (Å²) in [7, 11) is -0.565. The second-order valence-electron chi connectivity index (χ2n) is 6.11. The third-order valence-corrected chi connectivity index (χ3v) is 6.25. The van der Waals surface area contributed by atoms with E-state index in [-0.39, 0.29) is 17.3 Å². The molecule has 0 bridgehead atoms.